The maximum atomic E-state index is 10.7. The van der Waals surface area contributed by atoms with E-state index in [2.05, 4.69) is 0 Å². The fourth-order valence-electron chi connectivity index (χ4n) is 1.09. The molecule has 1 rings (SSSR count). The van der Waals surface area contributed by atoms with Crippen molar-refractivity contribution in [1.29, 1.82) is 0 Å². The van der Waals surface area contributed by atoms with E-state index in [1.54, 1.807) is 0 Å². The van der Waals surface area contributed by atoms with E-state index in [0.717, 1.165) is 6.07 Å². The fourth-order valence-corrected chi connectivity index (χ4v) is 1.25. The number of hydrogen-bond donors (Lipinski definition) is 1. The Hall–Kier alpha value is -1.62. The SMILES string of the molecule is Cc1c(Cl)ccc([N+](=O)[O-])c1C(=O)O. The van der Waals surface area contributed by atoms with Crippen LogP contribution in [0.3, 0.4) is 0 Å². The Bertz CT molecular complexity index is 416. The molecule has 0 amide bonds. The third-order valence-electron chi connectivity index (χ3n) is 1.79. The summed E-state index contributed by atoms with van der Waals surface area (Å²) in [6, 6.07) is 2.39. The van der Waals surface area contributed by atoms with Gasteiger partial charge in [-0.05, 0) is 18.6 Å². The number of nitro groups is 1. The van der Waals surface area contributed by atoms with Crippen LogP contribution >= 0.6 is 11.6 Å². The highest BCUT2D eigenvalue weighted by atomic mass is 35.5. The lowest BCUT2D eigenvalue weighted by Gasteiger charge is -2.03. The summed E-state index contributed by atoms with van der Waals surface area (Å²) < 4.78 is 0. The highest BCUT2D eigenvalue weighted by molar-refractivity contribution is 6.32. The fraction of sp³-hybridized carbons (Fsp3) is 0.125. The lowest BCUT2D eigenvalue weighted by molar-refractivity contribution is -0.385. The molecule has 0 saturated heterocycles. The molecule has 0 aromatic heterocycles. The largest absolute Gasteiger partial charge is 0.477 e. The second-order valence-electron chi connectivity index (χ2n) is 2.63. The summed E-state index contributed by atoms with van der Waals surface area (Å²) in [7, 11) is 0. The van der Waals surface area contributed by atoms with Crippen LogP contribution in [0.15, 0.2) is 12.1 Å². The zero-order chi connectivity index (χ0) is 10.9. The summed E-state index contributed by atoms with van der Waals surface area (Å²) in [6.45, 7) is 1.43. The molecule has 6 heteroatoms. The first-order valence-electron chi connectivity index (χ1n) is 3.62. The Labute approximate surface area is 84.1 Å². The van der Waals surface area contributed by atoms with E-state index in [1.165, 1.54) is 13.0 Å². The Morgan fingerprint density at radius 3 is 2.57 bits per heavy atom. The van der Waals surface area contributed by atoms with Gasteiger partial charge in [-0.15, -0.1) is 0 Å². The molecule has 0 aliphatic heterocycles. The topological polar surface area (TPSA) is 80.4 Å². The number of nitro benzene ring substituents is 1. The van der Waals surface area contributed by atoms with Gasteiger partial charge in [-0.2, -0.15) is 0 Å². The monoisotopic (exact) mass is 215 g/mol. The number of rotatable bonds is 2. The molecular formula is C8H6ClNO4. The third-order valence-corrected chi connectivity index (χ3v) is 2.20. The normalized spacial score (nSPS) is 9.86. The molecule has 0 unspecified atom stereocenters. The van der Waals surface area contributed by atoms with Gasteiger partial charge in [0.05, 0.1) is 4.92 Å². The Kier molecular flexibility index (Phi) is 2.71. The molecule has 0 fully saturated rings. The van der Waals surface area contributed by atoms with Crippen LogP contribution < -0.4 is 0 Å². The van der Waals surface area contributed by atoms with Crippen molar-refractivity contribution in [2.75, 3.05) is 0 Å². The van der Waals surface area contributed by atoms with Crippen LogP contribution in [-0.2, 0) is 0 Å². The van der Waals surface area contributed by atoms with Crippen molar-refractivity contribution in [2.45, 2.75) is 6.92 Å². The first-order valence-corrected chi connectivity index (χ1v) is 3.99. The molecule has 1 aromatic carbocycles. The predicted molar refractivity (Wildman–Crippen MR) is 49.8 cm³/mol. The first kappa shape index (κ1) is 10.5. The average molecular weight is 216 g/mol. The molecule has 5 nitrogen and oxygen atoms in total. The van der Waals surface area contributed by atoms with Crippen molar-refractivity contribution >= 4 is 23.3 Å². The second-order valence-corrected chi connectivity index (χ2v) is 3.04. The number of nitrogens with zero attached hydrogens (tertiary/aromatic N) is 1. The molecule has 0 radical (unpaired) electrons. The molecule has 0 bridgehead atoms. The minimum absolute atomic E-state index is 0.202. The minimum atomic E-state index is -1.35. The van der Waals surface area contributed by atoms with Gasteiger partial charge in [0.25, 0.3) is 5.69 Å². The van der Waals surface area contributed by atoms with Crippen LogP contribution in [0, 0.1) is 17.0 Å². The second kappa shape index (κ2) is 3.63. The van der Waals surface area contributed by atoms with Gasteiger partial charge < -0.3 is 5.11 Å². The van der Waals surface area contributed by atoms with Crippen molar-refractivity contribution in [3.63, 3.8) is 0 Å². The van der Waals surface area contributed by atoms with Crippen molar-refractivity contribution in [1.82, 2.24) is 0 Å². The van der Waals surface area contributed by atoms with Crippen LogP contribution in [0.25, 0.3) is 0 Å². The highest BCUT2D eigenvalue weighted by Crippen LogP contribution is 2.27. The highest BCUT2D eigenvalue weighted by Gasteiger charge is 2.23. The van der Waals surface area contributed by atoms with E-state index in [-0.39, 0.29) is 16.1 Å². The van der Waals surface area contributed by atoms with Crippen LogP contribution in [-0.4, -0.2) is 16.0 Å². The van der Waals surface area contributed by atoms with E-state index >= 15 is 0 Å². The van der Waals surface area contributed by atoms with E-state index in [4.69, 9.17) is 16.7 Å². The zero-order valence-electron chi connectivity index (χ0n) is 7.15. The number of carboxylic acid groups (broad SMARTS) is 1. The summed E-state index contributed by atoms with van der Waals surface area (Å²) >= 11 is 5.65. The molecule has 74 valence electrons. The van der Waals surface area contributed by atoms with Gasteiger partial charge in [-0.3, -0.25) is 10.1 Å². The smallest absolute Gasteiger partial charge is 0.343 e. The molecule has 1 aromatic rings. The van der Waals surface area contributed by atoms with Crippen LogP contribution in [0.1, 0.15) is 15.9 Å². The van der Waals surface area contributed by atoms with Crippen LogP contribution in [0.2, 0.25) is 5.02 Å². The lowest BCUT2D eigenvalue weighted by atomic mass is 10.1. The molecule has 14 heavy (non-hydrogen) atoms. The third kappa shape index (κ3) is 1.67. The van der Waals surface area contributed by atoms with Crippen molar-refractivity contribution in [3.8, 4) is 0 Å². The molecule has 0 aliphatic carbocycles. The van der Waals surface area contributed by atoms with E-state index in [9.17, 15) is 14.9 Å². The van der Waals surface area contributed by atoms with Crippen molar-refractivity contribution < 1.29 is 14.8 Å². The van der Waals surface area contributed by atoms with Gasteiger partial charge in [0.2, 0.25) is 0 Å². The molecule has 0 atom stereocenters. The maximum Gasteiger partial charge on any atom is 0.343 e. The summed E-state index contributed by atoms with van der Waals surface area (Å²) in [5.74, 6) is -1.35. The quantitative estimate of drug-likeness (QED) is 0.606. The molecule has 0 spiro atoms. The van der Waals surface area contributed by atoms with Gasteiger partial charge in [-0.1, -0.05) is 11.6 Å². The van der Waals surface area contributed by atoms with E-state index < -0.39 is 16.6 Å². The van der Waals surface area contributed by atoms with Gasteiger partial charge in [-0.25, -0.2) is 4.79 Å². The zero-order valence-corrected chi connectivity index (χ0v) is 7.91. The van der Waals surface area contributed by atoms with Gasteiger partial charge >= 0.3 is 5.97 Å². The Balaban J connectivity index is 3.53. The first-order chi connectivity index (χ1) is 6.45. The number of hydrogen-bond acceptors (Lipinski definition) is 3. The summed E-state index contributed by atoms with van der Waals surface area (Å²) in [5, 5.41) is 19.4. The summed E-state index contributed by atoms with van der Waals surface area (Å²) in [6.07, 6.45) is 0. The van der Waals surface area contributed by atoms with Gasteiger partial charge in [0.15, 0.2) is 0 Å². The standard InChI is InChI=1S/C8H6ClNO4/c1-4-5(9)2-3-6(10(13)14)7(4)8(11)12/h2-3H,1H3,(H,11,12). The van der Waals surface area contributed by atoms with Crippen LogP contribution in [0.5, 0.6) is 0 Å². The number of halogens is 1. The van der Waals surface area contributed by atoms with Crippen LogP contribution in [0.4, 0.5) is 5.69 Å². The summed E-state index contributed by atoms with van der Waals surface area (Å²) in [5.41, 5.74) is -0.602. The molecule has 0 heterocycles. The molecule has 0 saturated carbocycles. The minimum Gasteiger partial charge on any atom is -0.477 e. The molecule has 1 N–H and O–H groups in total. The Morgan fingerprint density at radius 1 is 1.57 bits per heavy atom. The van der Waals surface area contributed by atoms with Crippen molar-refractivity contribution in [2.24, 2.45) is 0 Å². The Morgan fingerprint density at radius 2 is 2.14 bits per heavy atom. The lowest BCUT2D eigenvalue weighted by Crippen LogP contribution is -2.05. The molecular weight excluding hydrogens is 210 g/mol. The van der Waals surface area contributed by atoms with E-state index in [1.807, 2.05) is 0 Å². The number of carboxylic acids is 1. The number of benzene rings is 1. The average Bonchev–Trinajstić information content (AvgIpc) is 2.08. The number of aromatic carboxylic acids is 1. The molecule has 0 aliphatic rings. The van der Waals surface area contributed by atoms with Crippen molar-refractivity contribution in [3.05, 3.63) is 38.4 Å². The summed E-state index contributed by atoms with van der Waals surface area (Å²) in [4.78, 5) is 20.5. The van der Waals surface area contributed by atoms with Gasteiger partial charge in [0.1, 0.15) is 5.56 Å². The maximum absolute atomic E-state index is 10.7. The van der Waals surface area contributed by atoms with Gasteiger partial charge in [0, 0.05) is 11.1 Å². The number of carbonyl (C=O) groups is 1. The predicted octanol–water partition coefficient (Wildman–Crippen LogP) is 2.25. The van der Waals surface area contributed by atoms with E-state index in [0.29, 0.717) is 0 Å².